The number of nitrogens with one attached hydrogen (secondary N) is 2. The molecule has 0 fully saturated rings. The van der Waals surface area contributed by atoms with Crippen molar-refractivity contribution in [2.24, 2.45) is 0 Å². The van der Waals surface area contributed by atoms with E-state index in [1.165, 1.54) is 17.3 Å². The van der Waals surface area contributed by atoms with Crippen LogP contribution in [0.1, 0.15) is 41.2 Å². The minimum atomic E-state index is 0.0159. The van der Waals surface area contributed by atoms with Gasteiger partial charge in [-0.25, -0.2) is 0 Å². The molecule has 0 bridgehead atoms. The predicted molar refractivity (Wildman–Crippen MR) is 108 cm³/mol. The van der Waals surface area contributed by atoms with Crippen LogP contribution in [0.2, 0.25) is 0 Å². The number of rotatable bonds is 5. The van der Waals surface area contributed by atoms with E-state index in [0.29, 0.717) is 11.9 Å². The van der Waals surface area contributed by atoms with Crippen LogP contribution >= 0.6 is 28.4 Å². The number of halogens is 1. The van der Waals surface area contributed by atoms with Crippen molar-refractivity contribution in [2.75, 3.05) is 5.09 Å². The van der Waals surface area contributed by atoms with Crippen molar-refractivity contribution in [2.45, 2.75) is 25.4 Å². The molecule has 24 heavy (non-hydrogen) atoms. The lowest BCUT2D eigenvalue weighted by molar-refractivity contribution is 0.183. The van der Waals surface area contributed by atoms with Gasteiger partial charge in [0.25, 0.3) is 0 Å². The van der Waals surface area contributed by atoms with Gasteiger partial charge in [0.05, 0.1) is 17.3 Å². The Morgan fingerprint density at radius 1 is 1.33 bits per heavy atom. The number of anilines is 1. The third kappa shape index (κ3) is 3.71. The topological polar surface area (TPSA) is 68.9 Å². The summed E-state index contributed by atoms with van der Waals surface area (Å²) in [7, 11) is 0. The van der Waals surface area contributed by atoms with Crippen molar-refractivity contribution in [3.8, 4) is 11.8 Å². The second-order valence-electron chi connectivity index (χ2n) is 5.64. The van der Waals surface area contributed by atoms with Crippen molar-refractivity contribution >= 4 is 40.3 Å². The van der Waals surface area contributed by atoms with Gasteiger partial charge in [-0.1, -0.05) is 6.07 Å². The molecule has 1 aliphatic carbocycles. The van der Waals surface area contributed by atoms with Gasteiger partial charge in [0.15, 0.2) is 0 Å². The lowest BCUT2D eigenvalue weighted by atomic mass is 9.88. The summed E-state index contributed by atoms with van der Waals surface area (Å²) in [5.74, 6) is 0.806. The first-order valence-corrected chi connectivity index (χ1v) is 11.8. The van der Waals surface area contributed by atoms with Crippen LogP contribution in [-0.2, 0) is 6.42 Å². The average molecular weight is 449 g/mol. The van der Waals surface area contributed by atoms with E-state index in [1.54, 1.807) is 0 Å². The summed E-state index contributed by atoms with van der Waals surface area (Å²) in [6, 6.07) is 13.9. The molecular weight excluding hydrogens is 432 g/mol. The first-order chi connectivity index (χ1) is 11.7. The van der Waals surface area contributed by atoms with E-state index in [2.05, 4.69) is 33.2 Å². The summed E-state index contributed by atoms with van der Waals surface area (Å²) in [4.78, 5) is 0. The quantitative estimate of drug-likeness (QED) is 0.367. The van der Waals surface area contributed by atoms with Crippen LogP contribution in [0, 0.1) is 16.7 Å². The minimum Gasteiger partial charge on any atom is -0.486 e. The lowest BCUT2D eigenvalue weighted by Crippen LogP contribution is -2.15. The van der Waals surface area contributed by atoms with Gasteiger partial charge in [-0.2, -0.15) is 5.26 Å². The fourth-order valence-electron chi connectivity index (χ4n) is 3.02. The van der Waals surface area contributed by atoms with Crippen LogP contribution in [0.5, 0.6) is 5.75 Å². The van der Waals surface area contributed by atoms with E-state index in [-0.39, 0.29) is 6.10 Å². The molecule has 4 nitrogen and oxygen atoms in total. The fourth-order valence-corrected chi connectivity index (χ4v) is 4.21. The molecule has 3 rings (SSSR count). The monoisotopic (exact) mass is 449 g/mol. The van der Waals surface area contributed by atoms with Gasteiger partial charge < -0.3 is 15.2 Å². The van der Waals surface area contributed by atoms with Crippen molar-refractivity contribution < 1.29 is 4.74 Å². The smallest absolute Gasteiger partial charge is 0.124 e. The van der Waals surface area contributed by atoms with Crippen molar-refractivity contribution in [3.63, 3.8) is 0 Å². The van der Waals surface area contributed by atoms with Crippen LogP contribution in [0.15, 0.2) is 36.4 Å². The Bertz CT molecular complexity index is 803. The van der Waals surface area contributed by atoms with E-state index in [4.69, 9.17) is 15.4 Å². The zero-order valence-electron chi connectivity index (χ0n) is 13.0. The maximum atomic E-state index is 9.06. The first-order valence-electron chi connectivity index (χ1n) is 7.71. The largest absolute Gasteiger partial charge is 0.486 e. The molecule has 2 atom stereocenters. The van der Waals surface area contributed by atoms with Crippen LogP contribution in [0.4, 0.5) is 5.69 Å². The molecule has 2 N–H and O–H groups in total. The number of hydrogen-bond acceptors (Lipinski definition) is 4. The van der Waals surface area contributed by atoms with Gasteiger partial charge in [-0.05, 0) is 76.7 Å². The molecule has 0 heterocycles. The third-order valence-corrected chi connectivity index (χ3v) is 5.34. The number of fused-ring (bicyclic) bond motifs is 1. The maximum Gasteiger partial charge on any atom is 0.124 e. The van der Waals surface area contributed by atoms with Gasteiger partial charge in [0, 0.05) is 24.2 Å². The summed E-state index contributed by atoms with van der Waals surface area (Å²) in [5.41, 5.74) is 4.88. The molecule has 0 amide bonds. The number of benzene rings is 2. The van der Waals surface area contributed by atoms with Crippen molar-refractivity contribution in [3.05, 3.63) is 58.7 Å². The zero-order chi connectivity index (χ0) is 16.9. The maximum absolute atomic E-state index is 9.06. The normalized spacial score (nSPS) is 16.4. The first kappa shape index (κ1) is 17.2. The summed E-state index contributed by atoms with van der Waals surface area (Å²) >= 11 is 2.27. The lowest BCUT2D eigenvalue weighted by Gasteiger charge is -2.27. The van der Waals surface area contributed by atoms with Crippen molar-refractivity contribution in [1.82, 2.24) is 0 Å². The molecule has 0 spiro atoms. The SMILES string of the molecule is N#Cc1ccc2c(c1)CCCC2Oc1ccc(C=N)c(NPI)c1. The second kappa shape index (κ2) is 7.96. The van der Waals surface area contributed by atoms with E-state index in [0.717, 1.165) is 36.3 Å². The summed E-state index contributed by atoms with van der Waals surface area (Å²) < 4.78 is 6.24. The molecule has 122 valence electrons. The number of nitriles is 1. The van der Waals surface area contributed by atoms with Crippen LogP contribution in [0.3, 0.4) is 0 Å². The van der Waals surface area contributed by atoms with Gasteiger partial charge in [0.2, 0.25) is 0 Å². The summed E-state index contributed by atoms with van der Waals surface area (Å²) in [6.45, 7) is 0. The zero-order valence-corrected chi connectivity index (χ0v) is 16.1. The minimum absolute atomic E-state index is 0.0159. The molecule has 0 saturated carbocycles. The van der Waals surface area contributed by atoms with Gasteiger partial charge in [0.1, 0.15) is 11.9 Å². The molecule has 0 radical (unpaired) electrons. The average Bonchev–Trinajstić information content (AvgIpc) is 2.62. The van der Waals surface area contributed by atoms with Gasteiger partial charge in [-0.15, -0.1) is 0 Å². The molecule has 6 heteroatoms. The highest BCUT2D eigenvalue weighted by Crippen LogP contribution is 2.36. The summed E-state index contributed by atoms with van der Waals surface area (Å²) in [6.07, 6.45) is 4.94. The molecule has 2 aromatic carbocycles. The van der Waals surface area contributed by atoms with Crippen LogP contribution < -0.4 is 9.82 Å². The van der Waals surface area contributed by atoms with E-state index in [1.807, 2.05) is 36.4 Å². The fraction of sp³-hybridized carbons (Fsp3) is 0.222. The Morgan fingerprint density at radius 3 is 2.96 bits per heavy atom. The van der Waals surface area contributed by atoms with E-state index < -0.39 is 0 Å². The van der Waals surface area contributed by atoms with Crippen molar-refractivity contribution in [1.29, 1.82) is 10.7 Å². The highest BCUT2D eigenvalue weighted by molar-refractivity contribution is 14.2. The third-order valence-electron chi connectivity index (χ3n) is 4.17. The number of ether oxygens (including phenoxy) is 1. The molecular formula is C18H17IN3OP. The predicted octanol–water partition coefficient (Wildman–Crippen LogP) is 5.37. The molecule has 1 aliphatic rings. The highest BCUT2D eigenvalue weighted by atomic mass is 127. The Kier molecular flexibility index (Phi) is 5.70. The van der Waals surface area contributed by atoms with Gasteiger partial charge in [-0.3, -0.25) is 0 Å². The highest BCUT2D eigenvalue weighted by Gasteiger charge is 2.22. The van der Waals surface area contributed by atoms with Crippen LogP contribution in [-0.4, -0.2) is 6.21 Å². The standard InChI is InChI=1S/C18H17IN3OP/c19-24-22-17-9-15(6-5-14(17)11-21)23-18-3-1-2-13-8-12(10-20)4-7-16(13)18/h4-9,11,18,21-22,24H,1-3H2. The molecule has 0 aromatic heterocycles. The second-order valence-corrected chi connectivity index (χ2v) is 7.69. The Hall–Kier alpha value is -1.64. The Morgan fingerprint density at radius 2 is 2.21 bits per heavy atom. The molecule has 0 saturated heterocycles. The van der Waals surface area contributed by atoms with E-state index >= 15 is 0 Å². The molecule has 0 aliphatic heterocycles. The van der Waals surface area contributed by atoms with Gasteiger partial charge >= 0.3 is 0 Å². The Labute approximate surface area is 156 Å². The molecule has 2 aromatic rings. The summed E-state index contributed by atoms with van der Waals surface area (Å²) in [5, 5.41) is 19.8. The number of hydrogen-bond donors (Lipinski definition) is 2. The number of aryl methyl sites for hydroxylation is 1. The Balaban J connectivity index is 1.86. The van der Waals surface area contributed by atoms with Crippen LogP contribution in [0.25, 0.3) is 0 Å². The van der Waals surface area contributed by atoms with E-state index in [9.17, 15) is 0 Å². The molecule has 2 unspecified atom stereocenters. The number of nitrogens with zero attached hydrogens (tertiary/aromatic N) is 1.